The van der Waals surface area contributed by atoms with Crippen molar-refractivity contribution in [2.45, 2.75) is 32.5 Å². The van der Waals surface area contributed by atoms with Gasteiger partial charge in [0, 0.05) is 18.2 Å². The number of hydrogen-bond acceptors (Lipinski definition) is 3. The number of nitrogens with zero attached hydrogens (tertiary/aromatic N) is 1. The lowest BCUT2D eigenvalue weighted by Crippen LogP contribution is -2.07. The molecule has 0 saturated heterocycles. The first kappa shape index (κ1) is 14.5. The number of aromatic nitrogens is 1. The van der Waals surface area contributed by atoms with Gasteiger partial charge in [-0.25, -0.2) is 4.39 Å². The summed E-state index contributed by atoms with van der Waals surface area (Å²) in [5.74, 6) is 0.320. The van der Waals surface area contributed by atoms with Crippen molar-refractivity contribution in [3.05, 3.63) is 59.7 Å². The fourth-order valence-corrected chi connectivity index (χ4v) is 1.96. The number of halogens is 1. The minimum absolute atomic E-state index is 0.0485. The Balaban J connectivity index is 2.10. The number of aliphatic hydroxyl groups is 1. The molecule has 0 radical (unpaired) electrons. The number of benzene rings is 1. The van der Waals surface area contributed by atoms with Gasteiger partial charge in [0.25, 0.3) is 0 Å². The quantitative estimate of drug-likeness (QED) is 0.910. The topological polar surface area (TPSA) is 42.4 Å². The molecule has 106 valence electrons. The molecule has 2 aromatic rings. The molecule has 0 saturated carbocycles. The minimum Gasteiger partial charge on any atom is -0.489 e. The van der Waals surface area contributed by atoms with Crippen LogP contribution in [-0.4, -0.2) is 16.2 Å². The normalized spacial score (nSPS) is 12.4. The summed E-state index contributed by atoms with van der Waals surface area (Å²) < 4.78 is 18.7. The highest BCUT2D eigenvalue weighted by atomic mass is 19.1. The lowest BCUT2D eigenvalue weighted by atomic mass is 10.0. The molecule has 1 aromatic heterocycles. The van der Waals surface area contributed by atoms with Crippen LogP contribution in [0.2, 0.25) is 0 Å². The van der Waals surface area contributed by atoms with E-state index >= 15 is 0 Å². The average Bonchev–Trinajstić information content (AvgIpc) is 2.38. The zero-order valence-corrected chi connectivity index (χ0v) is 11.6. The molecule has 0 fully saturated rings. The number of ether oxygens (including phenoxy) is 1. The van der Waals surface area contributed by atoms with E-state index in [0.717, 1.165) is 5.56 Å². The van der Waals surface area contributed by atoms with Crippen molar-refractivity contribution < 1.29 is 14.2 Å². The number of hydrogen-bond donors (Lipinski definition) is 1. The fraction of sp³-hybridized carbons (Fsp3) is 0.312. The third kappa shape index (κ3) is 4.03. The van der Waals surface area contributed by atoms with Crippen LogP contribution in [0.15, 0.2) is 42.7 Å². The lowest BCUT2D eigenvalue weighted by Gasteiger charge is -2.14. The van der Waals surface area contributed by atoms with Crippen molar-refractivity contribution in [1.29, 1.82) is 0 Å². The molecule has 0 spiro atoms. The van der Waals surface area contributed by atoms with Gasteiger partial charge in [0.2, 0.25) is 0 Å². The van der Waals surface area contributed by atoms with Crippen LogP contribution in [0.4, 0.5) is 4.39 Å². The number of aliphatic hydroxyl groups excluding tert-OH is 1. The highest BCUT2D eigenvalue weighted by molar-refractivity contribution is 5.27. The van der Waals surface area contributed by atoms with E-state index < -0.39 is 6.10 Å². The third-order valence-corrected chi connectivity index (χ3v) is 2.81. The largest absolute Gasteiger partial charge is 0.489 e. The summed E-state index contributed by atoms with van der Waals surface area (Å²) in [6, 6.07) is 7.98. The first-order valence-electron chi connectivity index (χ1n) is 6.58. The standard InChI is InChI=1S/C16H18FNO2/c1-11(2)20-15-8-13(9-18-10-15)16(19)7-12-4-3-5-14(17)6-12/h3-6,8-11,16,19H,7H2,1-2H3. The van der Waals surface area contributed by atoms with Crippen molar-refractivity contribution in [2.75, 3.05) is 0 Å². The molecule has 1 N–H and O–H groups in total. The zero-order chi connectivity index (χ0) is 14.5. The second kappa shape index (κ2) is 6.48. The van der Waals surface area contributed by atoms with Gasteiger partial charge in [-0.1, -0.05) is 12.1 Å². The van der Waals surface area contributed by atoms with E-state index in [-0.39, 0.29) is 11.9 Å². The smallest absolute Gasteiger partial charge is 0.138 e. The van der Waals surface area contributed by atoms with Crippen molar-refractivity contribution in [1.82, 2.24) is 4.98 Å². The Kier molecular flexibility index (Phi) is 4.69. The van der Waals surface area contributed by atoms with Crippen LogP contribution in [0.25, 0.3) is 0 Å². The van der Waals surface area contributed by atoms with Gasteiger partial charge in [-0.3, -0.25) is 4.98 Å². The van der Waals surface area contributed by atoms with Crippen LogP contribution in [0, 0.1) is 5.82 Å². The minimum atomic E-state index is -0.736. The first-order chi connectivity index (χ1) is 9.54. The van der Waals surface area contributed by atoms with Gasteiger partial charge in [0.1, 0.15) is 11.6 Å². The number of pyridine rings is 1. The van der Waals surface area contributed by atoms with Gasteiger partial charge in [-0.2, -0.15) is 0 Å². The maximum absolute atomic E-state index is 13.1. The summed E-state index contributed by atoms with van der Waals surface area (Å²) in [7, 11) is 0. The molecule has 0 bridgehead atoms. The second-order valence-electron chi connectivity index (χ2n) is 4.97. The maximum atomic E-state index is 13.1. The monoisotopic (exact) mass is 275 g/mol. The molecule has 3 nitrogen and oxygen atoms in total. The summed E-state index contributed by atoms with van der Waals surface area (Å²) in [4.78, 5) is 4.06. The third-order valence-electron chi connectivity index (χ3n) is 2.81. The number of rotatable bonds is 5. The van der Waals surface area contributed by atoms with Gasteiger partial charge in [0.15, 0.2) is 0 Å². The van der Waals surface area contributed by atoms with E-state index in [1.807, 2.05) is 13.8 Å². The van der Waals surface area contributed by atoms with E-state index in [9.17, 15) is 9.50 Å². The SMILES string of the molecule is CC(C)Oc1cncc(C(O)Cc2cccc(F)c2)c1. The van der Waals surface area contributed by atoms with Gasteiger partial charge < -0.3 is 9.84 Å². The van der Waals surface area contributed by atoms with Gasteiger partial charge in [-0.15, -0.1) is 0 Å². The van der Waals surface area contributed by atoms with Crippen LogP contribution >= 0.6 is 0 Å². The Morgan fingerprint density at radius 2 is 2.05 bits per heavy atom. The van der Waals surface area contributed by atoms with Crippen LogP contribution < -0.4 is 4.74 Å². The molecular formula is C16H18FNO2. The molecule has 1 atom stereocenters. The molecule has 0 aliphatic carbocycles. The summed E-state index contributed by atoms with van der Waals surface area (Å²) in [5, 5.41) is 10.2. The molecule has 1 unspecified atom stereocenters. The molecule has 0 aliphatic rings. The molecule has 1 heterocycles. The summed E-state index contributed by atoms with van der Waals surface area (Å²) in [6.07, 6.45) is 2.85. The van der Waals surface area contributed by atoms with E-state index in [1.165, 1.54) is 12.1 Å². The highest BCUT2D eigenvalue weighted by Crippen LogP contribution is 2.22. The van der Waals surface area contributed by atoms with Gasteiger partial charge >= 0.3 is 0 Å². The van der Waals surface area contributed by atoms with Crippen LogP contribution in [0.3, 0.4) is 0 Å². The van der Waals surface area contributed by atoms with Crippen molar-refractivity contribution in [3.8, 4) is 5.75 Å². The van der Waals surface area contributed by atoms with Gasteiger partial charge in [-0.05, 0) is 37.6 Å². The molecule has 2 rings (SSSR count). The Labute approximate surface area is 118 Å². The van der Waals surface area contributed by atoms with Crippen LogP contribution in [0.1, 0.15) is 31.1 Å². The van der Waals surface area contributed by atoms with E-state index in [4.69, 9.17) is 4.74 Å². The molecule has 4 heteroatoms. The highest BCUT2D eigenvalue weighted by Gasteiger charge is 2.11. The van der Waals surface area contributed by atoms with Crippen molar-refractivity contribution in [3.63, 3.8) is 0 Å². The molecular weight excluding hydrogens is 257 g/mol. The zero-order valence-electron chi connectivity index (χ0n) is 11.6. The average molecular weight is 275 g/mol. The van der Waals surface area contributed by atoms with E-state index in [0.29, 0.717) is 17.7 Å². The molecule has 1 aromatic carbocycles. The van der Waals surface area contributed by atoms with E-state index in [2.05, 4.69) is 4.98 Å². The summed E-state index contributed by atoms with van der Waals surface area (Å²) >= 11 is 0. The van der Waals surface area contributed by atoms with E-state index in [1.54, 1.807) is 30.6 Å². The Bertz CT molecular complexity index is 572. The van der Waals surface area contributed by atoms with Gasteiger partial charge in [0.05, 0.1) is 18.4 Å². The first-order valence-corrected chi connectivity index (χ1v) is 6.58. The summed E-state index contributed by atoms with van der Waals surface area (Å²) in [6.45, 7) is 3.85. The Morgan fingerprint density at radius 1 is 1.25 bits per heavy atom. The molecule has 0 aliphatic heterocycles. The predicted octanol–water partition coefficient (Wildman–Crippen LogP) is 3.28. The Hall–Kier alpha value is -1.94. The maximum Gasteiger partial charge on any atom is 0.138 e. The van der Waals surface area contributed by atoms with Crippen molar-refractivity contribution >= 4 is 0 Å². The second-order valence-corrected chi connectivity index (χ2v) is 4.97. The van der Waals surface area contributed by atoms with Crippen LogP contribution in [-0.2, 0) is 6.42 Å². The van der Waals surface area contributed by atoms with Crippen molar-refractivity contribution in [2.24, 2.45) is 0 Å². The Morgan fingerprint density at radius 3 is 2.75 bits per heavy atom. The lowest BCUT2D eigenvalue weighted by molar-refractivity contribution is 0.176. The van der Waals surface area contributed by atoms with Crippen LogP contribution in [0.5, 0.6) is 5.75 Å². The molecule has 0 amide bonds. The molecule has 20 heavy (non-hydrogen) atoms. The fourth-order valence-electron chi connectivity index (χ4n) is 1.96. The predicted molar refractivity (Wildman–Crippen MR) is 75.1 cm³/mol. The summed E-state index contributed by atoms with van der Waals surface area (Å²) in [5.41, 5.74) is 1.40.